The number of hydrogen-bond acceptors (Lipinski definition) is 4. The molecule has 3 rings (SSSR count). The highest BCUT2D eigenvalue weighted by molar-refractivity contribution is 6.33. The van der Waals surface area contributed by atoms with E-state index >= 15 is 0 Å². The molecule has 0 amide bonds. The molecule has 1 aromatic carbocycles. The van der Waals surface area contributed by atoms with Crippen LogP contribution in [0.4, 0.5) is 5.69 Å². The number of benzene rings is 1. The smallest absolute Gasteiger partial charge is 0.339 e. The number of rotatable bonds is 4. The normalized spacial score (nSPS) is 22.7. The maximum atomic E-state index is 11.6. The lowest BCUT2D eigenvalue weighted by Gasteiger charge is -2.34. The van der Waals surface area contributed by atoms with Gasteiger partial charge in [-0.05, 0) is 55.2 Å². The first-order valence-electron chi connectivity index (χ1n) is 7.83. The minimum absolute atomic E-state index is 0.306. The SMILES string of the molecule is COC(=O)c1ccc(N2CCC3(CC2)CC3CCO)cc1Cl. The van der Waals surface area contributed by atoms with Crippen LogP contribution in [0.5, 0.6) is 0 Å². The highest BCUT2D eigenvalue weighted by Crippen LogP contribution is 2.60. The first-order chi connectivity index (χ1) is 10.6. The van der Waals surface area contributed by atoms with E-state index < -0.39 is 5.97 Å². The van der Waals surface area contributed by atoms with Gasteiger partial charge in [0.2, 0.25) is 0 Å². The van der Waals surface area contributed by atoms with Gasteiger partial charge in [-0.15, -0.1) is 0 Å². The zero-order valence-electron chi connectivity index (χ0n) is 12.8. The summed E-state index contributed by atoms with van der Waals surface area (Å²) in [6.07, 6.45) is 4.56. The summed E-state index contributed by atoms with van der Waals surface area (Å²) < 4.78 is 4.72. The van der Waals surface area contributed by atoms with Crippen LogP contribution in [0, 0.1) is 11.3 Å². The number of ether oxygens (including phenoxy) is 1. The molecule has 1 atom stereocenters. The van der Waals surface area contributed by atoms with E-state index in [2.05, 4.69) is 4.90 Å². The molecule has 1 spiro atoms. The van der Waals surface area contributed by atoms with Gasteiger partial charge in [0.1, 0.15) is 0 Å². The number of nitrogens with zero attached hydrogens (tertiary/aromatic N) is 1. The van der Waals surface area contributed by atoms with Gasteiger partial charge in [0.25, 0.3) is 0 Å². The van der Waals surface area contributed by atoms with Crippen LogP contribution in [0.1, 0.15) is 36.0 Å². The molecule has 2 aliphatic rings. The molecule has 1 N–H and O–H groups in total. The Morgan fingerprint density at radius 1 is 1.45 bits per heavy atom. The first-order valence-corrected chi connectivity index (χ1v) is 8.21. The van der Waals surface area contributed by atoms with E-state index in [1.807, 2.05) is 12.1 Å². The van der Waals surface area contributed by atoms with Crippen molar-refractivity contribution in [1.29, 1.82) is 0 Å². The number of aliphatic hydroxyl groups is 1. The van der Waals surface area contributed by atoms with E-state index in [1.54, 1.807) is 6.07 Å². The lowest BCUT2D eigenvalue weighted by molar-refractivity contribution is 0.0601. The number of esters is 1. The third-order valence-corrected chi connectivity index (χ3v) is 5.63. The summed E-state index contributed by atoms with van der Waals surface area (Å²) in [4.78, 5) is 13.9. The van der Waals surface area contributed by atoms with E-state index in [0.29, 0.717) is 28.5 Å². The quantitative estimate of drug-likeness (QED) is 0.865. The van der Waals surface area contributed by atoms with Gasteiger partial charge in [-0.2, -0.15) is 0 Å². The number of anilines is 1. The van der Waals surface area contributed by atoms with Crippen molar-refractivity contribution in [3.63, 3.8) is 0 Å². The zero-order chi connectivity index (χ0) is 15.7. The summed E-state index contributed by atoms with van der Waals surface area (Å²) in [5.74, 6) is 0.309. The summed E-state index contributed by atoms with van der Waals surface area (Å²) in [5, 5.41) is 9.52. The number of methoxy groups -OCH3 is 1. The van der Waals surface area contributed by atoms with Gasteiger partial charge in [-0.1, -0.05) is 11.6 Å². The fourth-order valence-corrected chi connectivity index (χ4v) is 4.05. The van der Waals surface area contributed by atoms with Crippen LogP contribution in [0.2, 0.25) is 5.02 Å². The van der Waals surface area contributed by atoms with Gasteiger partial charge in [0.05, 0.1) is 17.7 Å². The largest absolute Gasteiger partial charge is 0.465 e. The van der Waals surface area contributed by atoms with E-state index in [4.69, 9.17) is 21.4 Å². The van der Waals surface area contributed by atoms with Gasteiger partial charge in [-0.25, -0.2) is 4.79 Å². The predicted octanol–water partition coefficient (Wildman–Crippen LogP) is 3.12. The second-order valence-electron chi connectivity index (χ2n) is 6.42. The maximum absolute atomic E-state index is 11.6. The fraction of sp³-hybridized carbons (Fsp3) is 0.588. The van der Waals surface area contributed by atoms with Crippen LogP contribution in [0.15, 0.2) is 18.2 Å². The van der Waals surface area contributed by atoms with Gasteiger partial charge < -0.3 is 14.7 Å². The average Bonchev–Trinajstić information content (AvgIpc) is 3.19. The monoisotopic (exact) mass is 323 g/mol. The summed E-state index contributed by atoms with van der Waals surface area (Å²) in [6, 6.07) is 5.53. The van der Waals surface area contributed by atoms with Crippen molar-refractivity contribution in [3.8, 4) is 0 Å². The minimum atomic E-state index is -0.404. The summed E-state index contributed by atoms with van der Waals surface area (Å²) in [6.45, 7) is 2.33. The van der Waals surface area contributed by atoms with Crippen molar-refractivity contribution in [3.05, 3.63) is 28.8 Å². The van der Waals surface area contributed by atoms with Crippen molar-refractivity contribution in [2.24, 2.45) is 11.3 Å². The molecule has 1 unspecified atom stereocenters. The molecule has 0 bridgehead atoms. The molecule has 1 aliphatic heterocycles. The van der Waals surface area contributed by atoms with Gasteiger partial charge in [-0.3, -0.25) is 0 Å². The topological polar surface area (TPSA) is 49.8 Å². The molecular formula is C17H22ClNO3. The Morgan fingerprint density at radius 3 is 2.77 bits per heavy atom. The van der Waals surface area contributed by atoms with Crippen LogP contribution < -0.4 is 4.90 Å². The predicted molar refractivity (Wildman–Crippen MR) is 86.5 cm³/mol. The van der Waals surface area contributed by atoms with Crippen molar-refractivity contribution in [2.45, 2.75) is 25.7 Å². The second-order valence-corrected chi connectivity index (χ2v) is 6.83. The van der Waals surface area contributed by atoms with Crippen molar-refractivity contribution >= 4 is 23.3 Å². The Bertz CT molecular complexity index is 567. The number of carbonyl (C=O) groups is 1. The molecule has 1 heterocycles. The lowest BCUT2D eigenvalue weighted by Crippen LogP contribution is -2.35. The standard InChI is InChI=1S/C17H22ClNO3/c1-22-16(21)14-3-2-13(10-15(14)18)19-7-5-17(6-8-19)11-12(17)4-9-20/h2-3,10,12,20H,4-9,11H2,1H3. The molecule has 120 valence electrons. The summed E-state index contributed by atoms with van der Waals surface area (Å²) >= 11 is 6.20. The molecule has 1 saturated heterocycles. The Balaban J connectivity index is 1.65. The number of aliphatic hydroxyl groups excluding tert-OH is 1. The van der Waals surface area contributed by atoms with Crippen LogP contribution in [0.3, 0.4) is 0 Å². The number of halogens is 1. The van der Waals surface area contributed by atoms with E-state index in [1.165, 1.54) is 26.4 Å². The molecule has 5 heteroatoms. The van der Waals surface area contributed by atoms with Crippen molar-refractivity contribution in [1.82, 2.24) is 0 Å². The summed E-state index contributed by atoms with van der Waals surface area (Å²) in [7, 11) is 1.36. The molecule has 0 aromatic heterocycles. The Labute approximate surface area is 136 Å². The molecule has 2 fully saturated rings. The van der Waals surface area contributed by atoms with Crippen molar-refractivity contribution in [2.75, 3.05) is 31.7 Å². The van der Waals surface area contributed by atoms with Gasteiger partial charge in [0.15, 0.2) is 0 Å². The molecule has 1 saturated carbocycles. The molecule has 1 aromatic rings. The van der Waals surface area contributed by atoms with Crippen LogP contribution >= 0.6 is 11.6 Å². The van der Waals surface area contributed by atoms with E-state index in [0.717, 1.165) is 25.2 Å². The highest BCUT2D eigenvalue weighted by atomic mass is 35.5. The Morgan fingerprint density at radius 2 is 2.18 bits per heavy atom. The fourth-order valence-electron chi connectivity index (χ4n) is 3.79. The third-order valence-electron chi connectivity index (χ3n) is 5.32. The van der Waals surface area contributed by atoms with Gasteiger partial charge in [0, 0.05) is 25.4 Å². The van der Waals surface area contributed by atoms with Crippen LogP contribution in [0.25, 0.3) is 0 Å². The molecule has 4 nitrogen and oxygen atoms in total. The van der Waals surface area contributed by atoms with Crippen molar-refractivity contribution < 1.29 is 14.6 Å². The lowest BCUT2D eigenvalue weighted by atomic mass is 9.90. The average molecular weight is 324 g/mol. The van der Waals surface area contributed by atoms with Gasteiger partial charge >= 0.3 is 5.97 Å². The van der Waals surface area contributed by atoms with Crippen LogP contribution in [-0.4, -0.2) is 37.9 Å². The highest BCUT2D eigenvalue weighted by Gasteiger charge is 2.53. The maximum Gasteiger partial charge on any atom is 0.339 e. The molecule has 0 radical (unpaired) electrons. The molecule has 22 heavy (non-hydrogen) atoms. The Hall–Kier alpha value is -1.26. The first kappa shape index (κ1) is 15.6. The van der Waals surface area contributed by atoms with Crippen LogP contribution in [-0.2, 0) is 4.74 Å². The van der Waals surface area contributed by atoms with E-state index in [9.17, 15) is 4.79 Å². The van der Waals surface area contributed by atoms with E-state index in [-0.39, 0.29) is 0 Å². The summed E-state index contributed by atoms with van der Waals surface area (Å²) in [5.41, 5.74) is 1.95. The number of hydrogen-bond donors (Lipinski definition) is 1. The third kappa shape index (κ3) is 2.82. The Kier molecular flexibility index (Phi) is 4.33. The molecule has 1 aliphatic carbocycles. The second kappa shape index (κ2) is 6.09. The minimum Gasteiger partial charge on any atom is -0.465 e. The molecular weight excluding hydrogens is 302 g/mol. The number of piperidine rings is 1. The zero-order valence-corrected chi connectivity index (χ0v) is 13.6. The number of carbonyl (C=O) groups excluding carboxylic acids is 1.